The summed E-state index contributed by atoms with van der Waals surface area (Å²) in [6.07, 6.45) is 2.54. The van der Waals surface area contributed by atoms with Crippen LogP contribution >= 0.6 is 0 Å². The highest BCUT2D eigenvalue weighted by atomic mass is 16.7. The molecule has 5 nitrogen and oxygen atoms in total. The lowest BCUT2D eigenvalue weighted by Gasteiger charge is -2.29. The van der Waals surface area contributed by atoms with E-state index in [1.165, 1.54) is 18.4 Å². The van der Waals surface area contributed by atoms with Crippen molar-refractivity contribution in [3.63, 3.8) is 0 Å². The van der Waals surface area contributed by atoms with Crippen LogP contribution in [0.2, 0.25) is 0 Å². The van der Waals surface area contributed by atoms with Gasteiger partial charge in [0.05, 0.1) is 6.61 Å². The second-order valence-electron chi connectivity index (χ2n) is 6.31. The molecule has 3 rings (SSSR count). The molecule has 1 aromatic rings. The van der Waals surface area contributed by atoms with Crippen LogP contribution in [0.25, 0.3) is 0 Å². The Morgan fingerprint density at radius 2 is 2.24 bits per heavy atom. The molecule has 0 aliphatic carbocycles. The van der Waals surface area contributed by atoms with E-state index >= 15 is 0 Å². The van der Waals surface area contributed by atoms with Crippen LogP contribution in [0.15, 0.2) is 12.1 Å². The largest absolute Gasteiger partial charge is 0.467 e. The molecule has 21 heavy (non-hydrogen) atoms. The molecule has 5 heteroatoms. The average molecular weight is 291 g/mol. The second-order valence-corrected chi connectivity index (χ2v) is 6.31. The van der Waals surface area contributed by atoms with Crippen LogP contribution < -0.4 is 10.5 Å². The molecule has 0 bridgehead atoms. The molecule has 1 atom stereocenters. The topological polar surface area (TPSA) is 51.0 Å². The molecule has 2 N–H and O–H groups in total. The fourth-order valence-electron chi connectivity index (χ4n) is 3.39. The van der Waals surface area contributed by atoms with Crippen molar-refractivity contribution in [3.05, 3.63) is 23.3 Å². The minimum Gasteiger partial charge on any atom is -0.467 e. The molecule has 1 fully saturated rings. The maximum atomic E-state index is 6.03. The van der Waals surface area contributed by atoms with E-state index < -0.39 is 0 Å². The maximum absolute atomic E-state index is 6.03. The van der Waals surface area contributed by atoms with Crippen LogP contribution in [-0.4, -0.2) is 49.8 Å². The normalized spacial score (nSPS) is 22.3. The van der Waals surface area contributed by atoms with Gasteiger partial charge in [0.25, 0.3) is 0 Å². The SMILES string of the molecule is CN(C)CC1CCCN1Cc1cc(N)cc2c1OCOC2. The van der Waals surface area contributed by atoms with Crippen molar-refractivity contribution in [2.24, 2.45) is 0 Å². The number of anilines is 1. The molecule has 2 aliphatic rings. The summed E-state index contributed by atoms with van der Waals surface area (Å²) in [5.74, 6) is 0.978. The number of benzene rings is 1. The molecule has 2 aliphatic heterocycles. The van der Waals surface area contributed by atoms with Crippen molar-refractivity contribution in [1.82, 2.24) is 9.80 Å². The summed E-state index contributed by atoms with van der Waals surface area (Å²) in [5.41, 5.74) is 9.09. The van der Waals surface area contributed by atoms with Crippen LogP contribution in [0.1, 0.15) is 24.0 Å². The van der Waals surface area contributed by atoms with Crippen molar-refractivity contribution in [1.29, 1.82) is 0 Å². The number of hydrogen-bond acceptors (Lipinski definition) is 5. The number of likely N-dealkylation sites (tertiary alicyclic amines) is 1. The van der Waals surface area contributed by atoms with Crippen LogP contribution in [0.5, 0.6) is 5.75 Å². The highest BCUT2D eigenvalue weighted by molar-refractivity contribution is 5.53. The zero-order chi connectivity index (χ0) is 14.8. The standard InChI is InChI=1S/C16H25N3O2/c1-18(2)9-15-4-3-5-19(15)8-12-6-14(17)7-13-10-20-11-21-16(12)13/h6-7,15H,3-5,8-11,17H2,1-2H3. The zero-order valence-corrected chi connectivity index (χ0v) is 13.0. The Kier molecular flexibility index (Phi) is 4.33. The number of hydrogen-bond donors (Lipinski definition) is 1. The molecule has 0 radical (unpaired) electrons. The number of nitrogens with zero attached hydrogens (tertiary/aromatic N) is 2. The van der Waals surface area contributed by atoms with E-state index in [4.69, 9.17) is 15.2 Å². The van der Waals surface area contributed by atoms with Gasteiger partial charge in [-0.15, -0.1) is 0 Å². The monoisotopic (exact) mass is 291 g/mol. The van der Waals surface area contributed by atoms with E-state index in [2.05, 4.69) is 30.0 Å². The van der Waals surface area contributed by atoms with Crippen molar-refractivity contribution < 1.29 is 9.47 Å². The van der Waals surface area contributed by atoms with E-state index in [1.807, 2.05) is 6.07 Å². The van der Waals surface area contributed by atoms with Crippen molar-refractivity contribution >= 4 is 5.69 Å². The lowest BCUT2D eigenvalue weighted by Crippen LogP contribution is -2.37. The average Bonchev–Trinajstić information content (AvgIpc) is 2.85. The van der Waals surface area contributed by atoms with Gasteiger partial charge in [-0.1, -0.05) is 0 Å². The minimum atomic E-state index is 0.338. The van der Waals surface area contributed by atoms with Crippen molar-refractivity contribution in [2.45, 2.75) is 32.0 Å². The van der Waals surface area contributed by atoms with Gasteiger partial charge in [0, 0.05) is 35.9 Å². The van der Waals surface area contributed by atoms with Crippen LogP contribution in [0.3, 0.4) is 0 Å². The van der Waals surface area contributed by atoms with E-state index in [0.29, 0.717) is 19.4 Å². The molecule has 116 valence electrons. The van der Waals surface area contributed by atoms with Gasteiger partial charge in [0.2, 0.25) is 0 Å². The van der Waals surface area contributed by atoms with Crippen LogP contribution in [0, 0.1) is 0 Å². The Hall–Kier alpha value is -1.30. The first-order chi connectivity index (χ1) is 10.1. The van der Waals surface area contributed by atoms with Crippen LogP contribution in [0.4, 0.5) is 5.69 Å². The molecule has 1 saturated heterocycles. The summed E-state index contributed by atoms with van der Waals surface area (Å²) >= 11 is 0. The zero-order valence-electron chi connectivity index (χ0n) is 13.0. The van der Waals surface area contributed by atoms with Crippen LogP contribution in [-0.2, 0) is 17.9 Å². The highest BCUT2D eigenvalue weighted by Crippen LogP contribution is 2.33. The predicted molar refractivity (Wildman–Crippen MR) is 83.1 cm³/mol. The Bertz CT molecular complexity index is 505. The molecule has 2 heterocycles. The van der Waals surface area contributed by atoms with Gasteiger partial charge in [0.1, 0.15) is 5.75 Å². The number of rotatable bonds is 4. The maximum Gasteiger partial charge on any atom is 0.189 e. The first kappa shape index (κ1) is 14.6. The third kappa shape index (κ3) is 3.31. The molecule has 0 spiro atoms. The smallest absolute Gasteiger partial charge is 0.189 e. The lowest BCUT2D eigenvalue weighted by molar-refractivity contribution is -0.0174. The van der Waals surface area contributed by atoms with Crippen molar-refractivity contribution in [3.8, 4) is 5.75 Å². The summed E-state index contributed by atoms with van der Waals surface area (Å²) in [6, 6.07) is 4.63. The fourth-order valence-corrected chi connectivity index (χ4v) is 3.39. The van der Waals surface area contributed by atoms with Gasteiger partial charge < -0.3 is 20.1 Å². The van der Waals surface area contributed by atoms with Gasteiger partial charge in [-0.2, -0.15) is 0 Å². The van der Waals surface area contributed by atoms with E-state index in [0.717, 1.165) is 36.6 Å². The number of nitrogen functional groups attached to an aromatic ring is 1. The first-order valence-corrected chi connectivity index (χ1v) is 7.64. The third-order valence-corrected chi connectivity index (χ3v) is 4.26. The molecular weight excluding hydrogens is 266 g/mol. The summed E-state index contributed by atoms with van der Waals surface area (Å²) < 4.78 is 11.1. The number of ether oxygens (including phenoxy) is 2. The third-order valence-electron chi connectivity index (χ3n) is 4.26. The van der Waals surface area contributed by atoms with Gasteiger partial charge in [-0.05, 0) is 45.6 Å². The Labute approximate surface area is 126 Å². The Morgan fingerprint density at radius 3 is 3.05 bits per heavy atom. The molecule has 1 aromatic carbocycles. The van der Waals surface area contributed by atoms with Gasteiger partial charge in [0.15, 0.2) is 6.79 Å². The number of fused-ring (bicyclic) bond motifs is 1. The van der Waals surface area contributed by atoms with Gasteiger partial charge in [-0.25, -0.2) is 0 Å². The lowest BCUT2D eigenvalue weighted by atomic mass is 10.1. The highest BCUT2D eigenvalue weighted by Gasteiger charge is 2.27. The minimum absolute atomic E-state index is 0.338. The Balaban J connectivity index is 1.79. The van der Waals surface area contributed by atoms with E-state index in [1.54, 1.807) is 0 Å². The predicted octanol–water partition coefficient (Wildman–Crippen LogP) is 1.66. The number of nitrogens with two attached hydrogens (primary N) is 1. The number of likely N-dealkylation sites (N-methyl/N-ethyl adjacent to an activating group) is 1. The second kappa shape index (κ2) is 6.22. The molecule has 1 unspecified atom stereocenters. The van der Waals surface area contributed by atoms with Gasteiger partial charge in [-0.3, -0.25) is 4.90 Å². The summed E-state index contributed by atoms with van der Waals surface area (Å²) in [7, 11) is 4.28. The van der Waals surface area contributed by atoms with E-state index in [9.17, 15) is 0 Å². The quantitative estimate of drug-likeness (QED) is 0.855. The van der Waals surface area contributed by atoms with E-state index in [-0.39, 0.29) is 0 Å². The molecule has 0 saturated carbocycles. The molecule has 0 aromatic heterocycles. The first-order valence-electron chi connectivity index (χ1n) is 7.64. The summed E-state index contributed by atoms with van der Waals surface area (Å²) in [6.45, 7) is 4.10. The van der Waals surface area contributed by atoms with Crippen molar-refractivity contribution in [2.75, 3.05) is 39.7 Å². The van der Waals surface area contributed by atoms with Gasteiger partial charge >= 0.3 is 0 Å². The molecular formula is C16H25N3O2. The Morgan fingerprint density at radius 1 is 1.38 bits per heavy atom. The molecule has 0 amide bonds. The summed E-state index contributed by atoms with van der Waals surface area (Å²) in [4.78, 5) is 4.82. The fraction of sp³-hybridized carbons (Fsp3) is 0.625. The summed E-state index contributed by atoms with van der Waals surface area (Å²) in [5, 5.41) is 0.